The Bertz CT molecular complexity index is 998. The van der Waals surface area contributed by atoms with E-state index in [2.05, 4.69) is 4.85 Å². The van der Waals surface area contributed by atoms with Gasteiger partial charge in [0.15, 0.2) is 11.3 Å². The van der Waals surface area contributed by atoms with Crippen LogP contribution in [0.5, 0.6) is 11.5 Å². The molecule has 0 fully saturated rings. The van der Waals surface area contributed by atoms with E-state index in [-0.39, 0.29) is 35.6 Å². The Morgan fingerprint density at radius 1 is 1.11 bits per heavy atom. The first kappa shape index (κ1) is 17.7. The predicted molar refractivity (Wildman–Crippen MR) is 84.9 cm³/mol. The topological polar surface area (TPSA) is 33.8 Å². The third-order valence-electron chi connectivity index (χ3n) is 5.11. The van der Waals surface area contributed by atoms with Gasteiger partial charge in [0.2, 0.25) is 0 Å². The molecule has 2 aromatic carbocycles. The van der Waals surface area contributed by atoms with Crippen LogP contribution in [0.15, 0.2) is 30.3 Å². The van der Waals surface area contributed by atoms with Crippen LogP contribution in [0.3, 0.4) is 0 Å². The Morgan fingerprint density at radius 3 is 2.56 bits per heavy atom. The molecule has 4 rings (SSSR count). The van der Waals surface area contributed by atoms with Crippen molar-refractivity contribution < 1.29 is 31.8 Å². The number of hydrogen-bond donors (Lipinski definition) is 1. The van der Waals surface area contributed by atoms with Gasteiger partial charge in [-0.05, 0) is 43.5 Å². The number of rotatable bonds is 2. The largest absolute Gasteiger partial charge is 0.458 e. The average molecular weight is 381 g/mol. The molecule has 1 N–H and O–H groups in total. The van der Waals surface area contributed by atoms with E-state index in [1.807, 2.05) is 0 Å². The molecule has 0 amide bonds. The van der Waals surface area contributed by atoms with Crippen molar-refractivity contribution in [2.75, 3.05) is 0 Å². The van der Waals surface area contributed by atoms with E-state index in [0.29, 0.717) is 0 Å². The molecule has 0 spiro atoms. The van der Waals surface area contributed by atoms with Crippen LogP contribution < -0.4 is 4.74 Å². The van der Waals surface area contributed by atoms with Gasteiger partial charge in [0.05, 0.1) is 6.57 Å². The van der Waals surface area contributed by atoms with Crippen molar-refractivity contribution in [1.82, 2.24) is 0 Å². The van der Waals surface area contributed by atoms with Crippen LogP contribution in [-0.2, 0) is 17.9 Å². The van der Waals surface area contributed by atoms with Crippen LogP contribution >= 0.6 is 0 Å². The summed E-state index contributed by atoms with van der Waals surface area (Å²) >= 11 is 0. The van der Waals surface area contributed by atoms with Crippen molar-refractivity contribution in [3.8, 4) is 11.5 Å². The molecule has 0 radical (unpaired) electrons. The maximum Gasteiger partial charge on any atom is 0.346 e. The molecule has 8 heteroatoms. The van der Waals surface area contributed by atoms with E-state index in [1.165, 1.54) is 6.07 Å². The minimum Gasteiger partial charge on any atom is -0.458 e. The highest BCUT2D eigenvalue weighted by Crippen LogP contribution is 2.65. The number of benzene rings is 2. The van der Waals surface area contributed by atoms with Crippen molar-refractivity contribution in [1.29, 1.82) is 0 Å². The second-order valence-electron chi connectivity index (χ2n) is 6.69. The van der Waals surface area contributed by atoms with Crippen molar-refractivity contribution >= 4 is 5.69 Å². The lowest BCUT2D eigenvalue weighted by Gasteiger charge is -2.36. The molecule has 2 aromatic rings. The monoisotopic (exact) mass is 381 g/mol. The van der Waals surface area contributed by atoms with E-state index in [4.69, 9.17) is 11.3 Å². The van der Waals surface area contributed by atoms with Crippen LogP contribution in [0.2, 0.25) is 0 Å². The van der Waals surface area contributed by atoms with Crippen LogP contribution in [-0.4, -0.2) is 11.0 Å². The fourth-order valence-electron chi connectivity index (χ4n) is 3.89. The molecule has 27 heavy (non-hydrogen) atoms. The van der Waals surface area contributed by atoms with Crippen molar-refractivity contribution in [2.24, 2.45) is 0 Å². The number of alkyl halides is 4. The lowest BCUT2D eigenvalue weighted by molar-refractivity contribution is -0.288. The predicted octanol–water partition coefficient (Wildman–Crippen LogP) is 5.43. The fourth-order valence-corrected chi connectivity index (χ4v) is 3.89. The Hall–Kier alpha value is -2.66. The molecular weight excluding hydrogens is 369 g/mol. The molecule has 2 aliphatic carbocycles. The third kappa shape index (κ3) is 2.21. The molecule has 3 nitrogen and oxygen atoms in total. The third-order valence-corrected chi connectivity index (χ3v) is 5.11. The van der Waals surface area contributed by atoms with Crippen LogP contribution in [0.1, 0.15) is 29.5 Å². The zero-order valence-corrected chi connectivity index (χ0v) is 13.7. The highest BCUT2D eigenvalue weighted by Gasteiger charge is 2.76. The lowest BCUT2D eigenvalue weighted by atomic mass is 9.78. The van der Waals surface area contributed by atoms with Gasteiger partial charge >= 0.3 is 11.8 Å². The molecule has 0 heterocycles. The number of aliphatic hydroxyl groups is 1. The van der Waals surface area contributed by atoms with Crippen LogP contribution in [0.25, 0.3) is 4.85 Å². The second-order valence-corrected chi connectivity index (χ2v) is 6.69. The zero-order valence-electron chi connectivity index (χ0n) is 13.7. The molecular formula is C19H12F5NO2. The minimum absolute atomic E-state index is 0.0260. The summed E-state index contributed by atoms with van der Waals surface area (Å²) in [6.07, 6.45) is -0.287. The second kappa shape index (κ2) is 5.42. The number of ether oxygens (including phenoxy) is 1. The van der Waals surface area contributed by atoms with Crippen molar-refractivity contribution in [2.45, 2.75) is 36.7 Å². The van der Waals surface area contributed by atoms with Gasteiger partial charge in [-0.2, -0.15) is 17.6 Å². The zero-order chi connectivity index (χ0) is 19.6. The number of halogens is 5. The Kier molecular flexibility index (Phi) is 3.56. The van der Waals surface area contributed by atoms with Gasteiger partial charge < -0.3 is 9.84 Å². The summed E-state index contributed by atoms with van der Waals surface area (Å²) in [6.45, 7) is 6.95. The summed E-state index contributed by atoms with van der Waals surface area (Å²) in [6, 6.07) is 5.14. The minimum atomic E-state index is -4.65. The summed E-state index contributed by atoms with van der Waals surface area (Å²) in [4.78, 5) is 3.10. The Morgan fingerprint density at radius 2 is 1.85 bits per heavy atom. The van der Waals surface area contributed by atoms with E-state index in [1.54, 1.807) is 0 Å². The smallest absolute Gasteiger partial charge is 0.346 e. The summed E-state index contributed by atoms with van der Waals surface area (Å²) in [5.74, 6) is -9.98. The quantitative estimate of drug-likeness (QED) is 0.556. The normalized spacial score (nSPS) is 24.2. The number of nitrogens with zero attached hydrogens (tertiary/aromatic N) is 1. The summed E-state index contributed by atoms with van der Waals surface area (Å²) < 4.78 is 76.4. The first-order chi connectivity index (χ1) is 12.6. The molecule has 2 aliphatic rings. The molecule has 0 aliphatic heterocycles. The van der Waals surface area contributed by atoms with Gasteiger partial charge in [-0.3, -0.25) is 0 Å². The van der Waals surface area contributed by atoms with Gasteiger partial charge in [0, 0.05) is 22.8 Å². The molecule has 1 atom stereocenters. The maximum atomic E-state index is 14.4. The van der Waals surface area contributed by atoms with Gasteiger partial charge in [0.25, 0.3) is 0 Å². The first-order valence-corrected chi connectivity index (χ1v) is 8.12. The van der Waals surface area contributed by atoms with E-state index in [9.17, 15) is 27.1 Å². The van der Waals surface area contributed by atoms with E-state index < -0.39 is 40.8 Å². The molecule has 0 bridgehead atoms. The van der Waals surface area contributed by atoms with Gasteiger partial charge in [-0.15, -0.1) is 0 Å². The molecule has 0 aromatic heterocycles. The fraction of sp³-hybridized carbons (Fsp3) is 0.316. The van der Waals surface area contributed by atoms with E-state index >= 15 is 0 Å². The SMILES string of the molecule is [C-]#[N+]c1cc(F)cc(Oc2ccc3c4c2CCC[C@]4(O)C(F)(F)C3(F)F)c1. The Balaban J connectivity index is 1.87. The van der Waals surface area contributed by atoms with Crippen LogP contribution in [0.4, 0.5) is 27.6 Å². The Labute approximate surface area is 150 Å². The average Bonchev–Trinajstić information content (AvgIpc) is 2.72. The van der Waals surface area contributed by atoms with E-state index in [0.717, 1.165) is 24.3 Å². The van der Waals surface area contributed by atoms with Gasteiger partial charge in [0.1, 0.15) is 17.3 Å². The molecule has 0 saturated heterocycles. The highest BCUT2D eigenvalue weighted by molar-refractivity contribution is 5.58. The summed E-state index contributed by atoms with van der Waals surface area (Å²) in [5, 5.41) is 10.5. The lowest BCUT2D eigenvalue weighted by Crippen LogP contribution is -2.49. The standard InChI is InChI=1S/C19H12F5NO2/c1-25-11-7-10(20)8-12(9-11)27-15-5-4-14-16-13(15)3-2-6-17(16,26)19(23,24)18(14,21)22/h4-5,7-9,26H,2-3,6H2/t17-/m1/s1. The molecule has 0 unspecified atom stereocenters. The first-order valence-electron chi connectivity index (χ1n) is 8.12. The number of hydrogen-bond acceptors (Lipinski definition) is 2. The highest BCUT2D eigenvalue weighted by atomic mass is 19.3. The van der Waals surface area contributed by atoms with Crippen molar-refractivity contribution in [3.63, 3.8) is 0 Å². The van der Waals surface area contributed by atoms with Gasteiger partial charge in [-0.25, -0.2) is 9.24 Å². The summed E-state index contributed by atoms with van der Waals surface area (Å²) in [5.41, 5.74) is -4.40. The maximum absolute atomic E-state index is 14.4. The van der Waals surface area contributed by atoms with Crippen LogP contribution in [0, 0.1) is 12.4 Å². The van der Waals surface area contributed by atoms with Gasteiger partial charge in [-0.1, -0.05) is 0 Å². The van der Waals surface area contributed by atoms with Crippen molar-refractivity contribution in [3.05, 3.63) is 64.3 Å². The molecule has 140 valence electrons. The molecule has 0 saturated carbocycles. The summed E-state index contributed by atoms with van der Waals surface area (Å²) in [7, 11) is 0.